The van der Waals surface area contributed by atoms with Crippen molar-refractivity contribution in [2.45, 2.75) is 12.2 Å². The molecule has 0 aromatic heterocycles. The van der Waals surface area contributed by atoms with Crippen molar-refractivity contribution in [2.24, 2.45) is 0 Å². The van der Waals surface area contributed by atoms with E-state index in [4.69, 9.17) is 15.2 Å². The molecule has 1 fully saturated rings. The molecular weight excluding hydrogens is 312 g/mol. The largest absolute Gasteiger partial charge is 0.398 e. The van der Waals surface area contributed by atoms with E-state index in [2.05, 4.69) is 15.9 Å². The molecule has 0 saturated carbocycles. The Hall–Kier alpha value is -1.11. The molecule has 2 unspecified atom stereocenters. The molecule has 1 aliphatic heterocycles. The Morgan fingerprint density at radius 3 is 2.37 bits per heavy atom. The Labute approximate surface area is 120 Å². The summed E-state index contributed by atoms with van der Waals surface area (Å²) >= 11 is 3.33. The summed E-state index contributed by atoms with van der Waals surface area (Å²) in [5, 5.41) is 0. The number of rotatable bonds is 3. The minimum absolute atomic E-state index is 0.0911. The van der Waals surface area contributed by atoms with E-state index in [1.165, 1.54) is 0 Å². The normalized spacial score (nSPS) is 22.8. The van der Waals surface area contributed by atoms with Gasteiger partial charge in [-0.1, -0.05) is 15.9 Å². The lowest BCUT2D eigenvalue weighted by atomic mass is 10.1. The second-order valence-corrected chi connectivity index (χ2v) is 5.41. The maximum Gasteiger partial charge on any atom is 0.256 e. The third-order valence-electron chi connectivity index (χ3n) is 3.35. The summed E-state index contributed by atoms with van der Waals surface area (Å²) in [6.45, 7) is 1.03. The number of anilines is 1. The zero-order chi connectivity index (χ0) is 14.0. The molecule has 2 rings (SSSR count). The van der Waals surface area contributed by atoms with E-state index in [1.807, 2.05) is 0 Å². The van der Waals surface area contributed by atoms with Crippen LogP contribution in [0.4, 0.5) is 5.69 Å². The highest BCUT2D eigenvalue weighted by Crippen LogP contribution is 2.23. The zero-order valence-electron chi connectivity index (χ0n) is 10.9. The van der Waals surface area contributed by atoms with Gasteiger partial charge in [0.2, 0.25) is 0 Å². The van der Waals surface area contributed by atoms with Crippen molar-refractivity contribution in [3.63, 3.8) is 0 Å². The Morgan fingerprint density at radius 1 is 1.32 bits per heavy atom. The lowest BCUT2D eigenvalue weighted by molar-refractivity contribution is -0.00461. The Balaban J connectivity index is 2.17. The van der Waals surface area contributed by atoms with Gasteiger partial charge in [0, 0.05) is 37.5 Å². The molecule has 1 aromatic rings. The monoisotopic (exact) mass is 328 g/mol. The summed E-state index contributed by atoms with van der Waals surface area (Å²) in [7, 11) is 3.25. The highest BCUT2D eigenvalue weighted by Gasteiger charge is 2.36. The number of ether oxygens (including phenoxy) is 2. The third kappa shape index (κ3) is 2.91. The highest BCUT2D eigenvalue weighted by atomic mass is 79.9. The maximum atomic E-state index is 12.4. The van der Waals surface area contributed by atoms with Crippen LogP contribution in [0.5, 0.6) is 0 Å². The minimum atomic E-state index is -0.0920. The van der Waals surface area contributed by atoms with Crippen LogP contribution in [0, 0.1) is 0 Å². The number of nitrogens with zero attached hydrogens (tertiary/aromatic N) is 1. The van der Waals surface area contributed by atoms with Gasteiger partial charge in [0.25, 0.3) is 5.91 Å². The lowest BCUT2D eigenvalue weighted by Gasteiger charge is -2.17. The van der Waals surface area contributed by atoms with Crippen molar-refractivity contribution in [3.05, 3.63) is 28.2 Å². The fourth-order valence-electron chi connectivity index (χ4n) is 2.26. The number of carbonyl (C=O) groups excluding carboxylic acids is 1. The standard InChI is InChI=1S/C13H17BrN2O3/c1-18-11-6-16(7-12(11)19-2)13(17)9-4-3-8(14)5-10(9)15/h3-5,11-12H,6-7,15H2,1-2H3. The molecule has 1 heterocycles. The van der Waals surface area contributed by atoms with E-state index in [0.717, 1.165) is 4.47 Å². The quantitative estimate of drug-likeness (QED) is 0.854. The van der Waals surface area contributed by atoms with E-state index in [1.54, 1.807) is 37.3 Å². The van der Waals surface area contributed by atoms with E-state index in [9.17, 15) is 4.79 Å². The van der Waals surface area contributed by atoms with Gasteiger partial charge in [0.1, 0.15) is 12.2 Å². The number of hydrogen-bond acceptors (Lipinski definition) is 4. The van der Waals surface area contributed by atoms with Gasteiger partial charge in [-0.05, 0) is 18.2 Å². The first-order valence-electron chi connectivity index (χ1n) is 5.96. The van der Waals surface area contributed by atoms with Crippen molar-refractivity contribution < 1.29 is 14.3 Å². The average molecular weight is 329 g/mol. The van der Waals surface area contributed by atoms with Gasteiger partial charge >= 0.3 is 0 Å². The van der Waals surface area contributed by atoms with Crippen LogP contribution in [0.25, 0.3) is 0 Å². The van der Waals surface area contributed by atoms with E-state index >= 15 is 0 Å². The second-order valence-electron chi connectivity index (χ2n) is 4.49. The molecule has 2 atom stereocenters. The molecule has 6 heteroatoms. The first kappa shape index (κ1) is 14.3. The summed E-state index contributed by atoms with van der Waals surface area (Å²) in [5.74, 6) is -0.0911. The summed E-state index contributed by atoms with van der Waals surface area (Å²) in [4.78, 5) is 14.1. The number of likely N-dealkylation sites (tertiary alicyclic amines) is 1. The topological polar surface area (TPSA) is 64.8 Å². The number of nitrogen functional groups attached to an aromatic ring is 1. The third-order valence-corrected chi connectivity index (χ3v) is 3.85. The number of amides is 1. The van der Waals surface area contributed by atoms with Crippen LogP contribution in [0.1, 0.15) is 10.4 Å². The first-order valence-corrected chi connectivity index (χ1v) is 6.76. The maximum absolute atomic E-state index is 12.4. The molecule has 1 aromatic carbocycles. The van der Waals surface area contributed by atoms with Crippen LogP contribution in [0.3, 0.4) is 0 Å². The van der Waals surface area contributed by atoms with Crippen LogP contribution >= 0.6 is 15.9 Å². The molecule has 5 nitrogen and oxygen atoms in total. The molecule has 2 N–H and O–H groups in total. The fourth-order valence-corrected chi connectivity index (χ4v) is 2.64. The predicted octanol–water partition coefficient (Wildman–Crippen LogP) is 1.52. The van der Waals surface area contributed by atoms with Gasteiger partial charge in [-0.2, -0.15) is 0 Å². The van der Waals surface area contributed by atoms with E-state index < -0.39 is 0 Å². The smallest absolute Gasteiger partial charge is 0.256 e. The molecular formula is C13H17BrN2O3. The van der Waals surface area contributed by atoms with Gasteiger partial charge in [-0.3, -0.25) is 4.79 Å². The number of halogens is 1. The second kappa shape index (κ2) is 5.90. The first-order chi connectivity index (χ1) is 9.06. The number of methoxy groups -OCH3 is 2. The van der Waals surface area contributed by atoms with Gasteiger partial charge in [-0.25, -0.2) is 0 Å². The van der Waals surface area contributed by atoms with Crippen LogP contribution in [-0.4, -0.2) is 50.3 Å². The average Bonchev–Trinajstić information content (AvgIpc) is 2.81. The molecule has 1 saturated heterocycles. The van der Waals surface area contributed by atoms with Crippen LogP contribution in [0.2, 0.25) is 0 Å². The van der Waals surface area contributed by atoms with Crippen molar-refractivity contribution in [1.29, 1.82) is 0 Å². The molecule has 0 aliphatic carbocycles. The van der Waals surface area contributed by atoms with Crippen molar-refractivity contribution in [1.82, 2.24) is 4.90 Å². The number of hydrogen-bond donors (Lipinski definition) is 1. The van der Waals surface area contributed by atoms with Gasteiger partial charge < -0.3 is 20.1 Å². The molecule has 1 aliphatic rings. The Bertz CT molecular complexity index is 469. The zero-order valence-corrected chi connectivity index (χ0v) is 12.5. The minimum Gasteiger partial charge on any atom is -0.398 e. The molecule has 19 heavy (non-hydrogen) atoms. The molecule has 0 bridgehead atoms. The van der Waals surface area contributed by atoms with E-state index in [-0.39, 0.29) is 18.1 Å². The van der Waals surface area contributed by atoms with Crippen LogP contribution in [-0.2, 0) is 9.47 Å². The Morgan fingerprint density at radius 2 is 1.89 bits per heavy atom. The van der Waals surface area contributed by atoms with Gasteiger partial charge in [0.05, 0.1) is 5.56 Å². The van der Waals surface area contributed by atoms with Crippen molar-refractivity contribution >= 4 is 27.5 Å². The predicted molar refractivity (Wildman–Crippen MR) is 76.1 cm³/mol. The van der Waals surface area contributed by atoms with Crippen LogP contribution in [0.15, 0.2) is 22.7 Å². The summed E-state index contributed by atoms with van der Waals surface area (Å²) < 4.78 is 11.5. The fraction of sp³-hybridized carbons (Fsp3) is 0.462. The SMILES string of the molecule is COC1CN(C(=O)c2ccc(Br)cc2N)CC1OC. The van der Waals surface area contributed by atoms with Crippen molar-refractivity contribution in [3.8, 4) is 0 Å². The number of benzene rings is 1. The Kier molecular flexibility index (Phi) is 4.44. The number of nitrogens with two attached hydrogens (primary N) is 1. The van der Waals surface area contributed by atoms with Gasteiger partial charge in [-0.15, -0.1) is 0 Å². The molecule has 1 amide bonds. The summed E-state index contributed by atoms with van der Waals surface area (Å²) in [5.41, 5.74) is 6.86. The summed E-state index contributed by atoms with van der Waals surface area (Å²) in [6.07, 6.45) is -0.184. The number of carbonyl (C=O) groups is 1. The molecule has 0 radical (unpaired) electrons. The molecule has 0 spiro atoms. The highest BCUT2D eigenvalue weighted by molar-refractivity contribution is 9.10. The van der Waals surface area contributed by atoms with Crippen molar-refractivity contribution in [2.75, 3.05) is 33.0 Å². The van der Waals surface area contributed by atoms with Crippen LogP contribution < -0.4 is 5.73 Å². The lowest BCUT2D eigenvalue weighted by Crippen LogP contribution is -2.30. The summed E-state index contributed by atoms with van der Waals surface area (Å²) in [6, 6.07) is 5.26. The van der Waals surface area contributed by atoms with E-state index in [0.29, 0.717) is 24.3 Å². The molecule has 104 valence electrons. The van der Waals surface area contributed by atoms with Gasteiger partial charge in [0.15, 0.2) is 0 Å².